The molecule has 1 aromatic rings. The highest BCUT2D eigenvalue weighted by molar-refractivity contribution is 5.76. The van der Waals surface area contributed by atoms with Crippen LogP contribution in [0, 0.1) is 17.5 Å². The summed E-state index contributed by atoms with van der Waals surface area (Å²) in [5.74, 6) is -3.25. The van der Waals surface area contributed by atoms with E-state index in [2.05, 4.69) is 10.6 Å². The van der Waals surface area contributed by atoms with Crippen molar-refractivity contribution in [2.24, 2.45) is 0 Å². The molecule has 0 saturated carbocycles. The molecule has 0 unspecified atom stereocenters. The Balaban J connectivity index is 2.36. The number of amides is 2. The quantitative estimate of drug-likeness (QED) is 0.685. The summed E-state index contributed by atoms with van der Waals surface area (Å²) in [4.78, 5) is 10.8. The van der Waals surface area contributed by atoms with Crippen LogP contribution in [0.1, 0.15) is 11.6 Å². The van der Waals surface area contributed by atoms with Gasteiger partial charge < -0.3 is 10.6 Å². The van der Waals surface area contributed by atoms with Gasteiger partial charge >= 0.3 is 6.03 Å². The van der Waals surface area contributed by atoms with Crippen LogP contribution in [-0.2, 0) is 0 Å². The Morgan fingerprint density at radius 3 is 2.40 bits per heavy atom. The van der Waals surface area contributed by atoms with Crippen LogP contribution in [0.4, 0.5) is 18.0 Å². The predicted molar refractivity (Wildman–Crippen MR) is 45.6 cm³/mol. The summed E-state index contributed by atoms with van der Waals surface area (Å²) in [6, 6.07) is 0.106. The molecule has 0 aliphatic carbocycles. The Kier molecular flexibility index (Phi) is 2.26. The van der Waals surface area contributed by atoms with Crippen LogP contribution in [0.3, 0.4) is 0 Å². The molecule has 0 aromatic heterocycles. The zero-order chi connectivity index (χ0) is 11.0. The fourth-order valence-electron chi connectivity index (χ4n) is 1.45. The smallest absolute Gasteiger partial charge is 0.315 e. The molecule has 0 bridgehead atoms. The van der Waals surface area contributed by atoms with Gasteiger partial charge in [0.15, 0.2) is 11.6 Å². The molecular weight excluding hydrogens is 209 g/mol. The highest BCUT2D eigenvalue weighted by Crippen LogP contribution is 2.21. The second-order valence-corrected chi connectivity index (χ2v) is 3.19. The number of carbonyl (C=O) groups excluding carboxylic acids is 1. The van der Waals surface area contributed by atoms with E-state index in [1.807, 2.05) is 0 Å². The molecular formula is C9H7F3N2O. The molecule has 0 spiro atoms. The Labute approximate surface area is 83.3 Å². The van der Waals surface area contributed by atoms with Crippen molar-refractivity contribution in [3.8, 4) is 0 Å². The maximum Gasteiger partial charge on any atom is 0.315 e. The first kappa shape index (κ1) is 9.82. The molecule has 0 radical (unpaired) electrons. The number of hydrogen-bond acceptors (Lipinski definition) is 1. The highest BCUT2D eigenvalue weighted by atomic mass is 19.2. The average molecular weight is 216 g/mol. The minimum atomic E-state index is -1.24. The van der Waals surface area contributed by atoms with Gasteiger partial charge in [-0.25, -0.2) is 18.0 Å². The van der Waals surface area contributed by atoms with E-state index < -0.39 is 29.5 Å². The summed E-state index contributed by atoms with van der Waals surface area (Å²) in [7, 11) is 0. The van der Waals surface area contributed by atoms with Gasteiger partial charge in [0.2, 0.25) is 0 Å². The van der Waals surface area contributed by atoms with E-state index in [1.165, 1.54) is 0 Å². The van der Waals surface area contributed by atoms with Gasteiger partial charge in [0, 0.05) is 18.2 Å². The van der Waals surface area contributed by atoms with Crippen molar-refractivity contribution in [1.82, 2.24) is 10.6 Å². The first-order valence-corrected chi connectivity index (χ1v) is 4.26. The van der Waals surface area contributed by atoms with E-state index >= 15 is 0 Å². The van der Waals surface area contributed by atoms with Gasteiger partial charge in [0.05, 0.1) is 6.04 Å². The lowest BCUT2D eigenvalue weighted by Gasteiger charge is -2.10. The maximum atomic E-state index is 13.2. The summed E-state index contributed by atoms with van der Waals surface area (Å²) in [6.45, 7) is 0.154. The zero-order valence-electron chi connectivity index (χ0n) is 7.48. The van der Waals surface area contributed by atoms with E-state index in [1.54, 1.807) is 0 Å². The Morgan fingerprint density at radius 1 is 1.13 bits per heavy atom. The minimum Gasteiger partial charge on any atom is -0.336 e. The Morgan fingerprint density at radius 2 is 1.80 bits per heavy atom. The Hall–Kier alpha value is -1.72. The van der Waals surface area contributed by atoms with Crippen molar-refractivity contribution in [2.45, 2.75) is 6.04 Å². The van der Waals surface area contributed by atoms with Gasteiger partial charge in [-0.05, 0) is 6.07 Å². The number of urea groups is 1. The summed E-state index contributed by atoms with van der Waals surface area (Å²) in [5.41, 5.74) is -0.0627. The first-order valence-electron chi connectivity index (χ1n) is 4.26. The van der Waals surface area contributed by atoms with Gasteiger partial charge in [-0.2, -0.15) is 0 Å². The number of rotatable bonds is 1. The molecule has 1 atom stereocenters. The van der Waals surface area contributed by atoms with Crippen LogP contribution in [0.25, 0.3) is 0 Å². The SMILES string of the molecule is O=C1NC[C@@H](c2cc(F)c(F)cc2F)N1. The summed E-state index contributed by atoms with van der Waals surface area (Å²) >= 11 is 0. The number of benzene rings is 1. The molecule has 1 aliphatic rings. The molecule has 1 heterocycles. The lowest BCUT2D eigenvalue weighted by atomic mass is 10.1. The molecule has 1 aromatic carbocycles. The third-order valence-electron chi connectivity index (χ3n) is 2.19. The van der Waals surface area contributed by atoms with Crippen LogP contribution in [0.5, 0.6) is 0 Å². The first-order chi connectivity index (χ1) is 7.08. The maximum absolute atomic E-state index is 13.2. The fourth-order valence-corrected chi connectivity index (χ4v) is 1.45. The van der Waals surface area contributed by atoms with Crippen molar-refractivity contribution in [3.05, 3.63) is 35.1 Å². The average Bonchev–Trinajstić information content (AvgIpc) is 2.58. The van der Waals surface area contributed by atoms with Crippen LogP contribution in [-0.4, -0.2) is 12.6 Å². The van der Waals surface area contributed by atoms with Crippen molar-refractivity contribution < 1.29 is 18.0 Å². The van der Waals surface area contributed by atoms with Crippen LogP contribution >= 0.6 is 0 Å². The van der Waals surface area contributed by atoms with Crippen molar-refractivity contribution in [3.63, 3.8) is 0 Å². The van der Waals surface area contributed by atoms with Crippen LogP contribution in [0.2, 0.25) is 0 Å². The van der Waals surface area contributed by atoms with E-state index in [4.69, 9.17) is 0 Å². The fraction of sp³-hybridized carbons (Fsp3) is 0.222. The molecule has 6 heteroatoms. The van der Waals surface area contributed by atoms with Gasteiger partial charge in [0.1, 0.15) is 5.82 Å². The lowest BCUT2D eigenvalue weighted by molar-refractivity contribution is 0.247. The van der Waals surface area contributed by atoms with Gasteiger partial charge in [-0.1, -0.05) is 0 Å². The number of nitrogens with one attached hydrogen (secondary N) is 2. The summed E-state index contributed by atoms with van der Waals surface area (Å²) in [6.07, 6.45) is 0. The largest absolute Gasteiger partial charge is 0.336 e. The summed E-state index contributed by atoms with van der Waals surface area (Å²) in [5, 5.41) is 4.77. The van der Waals surface area contributed by atoms with E-state index in [0.717, 1.165) is 6.07 Å². The minimum absolute atomic E-state index is 0.0627. The third-order valence-corrected chi connectivity index (χ3v) is 2.19. The normalized spacial score (nSPS) is 19.9. The monoisotopic (exact) mass is 216 g/mol. The second-order valence-electron chi connectivity index (χ2n) is 3.19. The molecule has 2 N–H and O–H groups in total. The third kappa shape index (κ3) is 1.74. The predicted octanol–water partition coefficient (Wildman–Crippen LogP) is 1.46. The second kappa shape index (κ2) is 3.45. The number of halogens is 3. The van der Waals surface area contributed by atoms with Crippen LogP contribution in [0.15, 0.2) is 12.1 Å². The van der Waals surface area contributed by atoms with Crippen molar-refractivity contribution in [1.29, 1.82) is 0 Å². The van der Waals surface area contributed by atoms with Gasteiger partial charge in [-0.3, -0.25) is 0 Å². The molecule has 3 nitrogen and oxygen atoms in total. The highest BCUT2D eigenvalue weighted by Gasteiger charge is 2.25. The van der Waals surface area contributed by atoms with Crippen LogP contribution < -0.4 is 10.6 Å². The Bertz CT molecular complexity index is 422. The van der Waals surface area contributed by atoms with Gasteiger partial charge in [-0.15, -0.1) is 0 Å². The van der Waals surface area contributed by atoms with E-state index in [0.29, 0.717) is 6.07 Å². The molecule has 2 rings (SSSR count). The molecule has 1 aliphatic heterocycles. The van der Waals surface area contributed by atoms with E-state index in [-0.39, 0.29) is 12.1 Å². The number of hydrogen-bond donors (Lipinski definition) is 2. The lowest BCUT2D eigenvalue weighted by Crippen LogP contribution is -2.22. The zero-order valence-corrected chi connectivity index (χ0v) is 7.48. The number of carbonyl (C=O) groups is 1. The molecule has 80 valence electrons. The van der Waals surface area contributed by atoms with Crippen molar-refractivity contribution >= 4 is 6.03 Å². The van der Waals surface area contributed by atoms with E-state index in [9.17, 15) is 18.0 Å². The standard InChI is InChI=1S/C9H7F3N2O/c10-5-2-7(12)6(11)1-4(5)8-3-13-9(15)14-8/h1-2,8H,3H2,(H2,13,14,15)/t8-/m0/s1. The topological polar surface area (TPSA) is 41.1 Å². The molecule has 2 amide bonds. The van der Waals surface area contributed by atoms with Gasteiger partial charge in [0.25, 0.3) is 0 Å². The summed E-state index contributed by atoms with van der Waals surface area (Å²) < 4.78 is 38.7. The molecule has 1 fully saturated rings. The molecule has 15 heavy (non-hydrogen) atoms. The molecule has 1 saturated heterocycles. The van der Waals surface area contributed by atoms with Crippen molar-refractivity contribution in [2.75, 3.05) is 6.54 Å².